The molecule has 0 spiro atoms. The van der Waals surface area contributed by atoms with Gasteiger partial charge in [-0.1, -0.05) is 24.3 Å². The minimum absolute atomic E-state index is 0.0920. The average molecular weight is 439 g/mol. The second kappa shape index (κ2) is 11.8. The van der Waals surface area contributed by atoms with E-state index in [-0.39, 0.29) is 6.61 Å². The van der Waals surface area contributed by atoms with Crippen molar-refractivity contribution < 1.29 is 27.1 Å². The molecule has 3 rings (SSSR count). The Balaban J connectivity index is 1.54. The Labute approximate surface area is 179 Å². The maximum absolute atomic E-state index is 12.3. The first-order chi connectivity index (χ1) is 15.0. The van der Waals surface area contributed by atoms with Crippen molar-refractivity contribution >= 4 is 5.96 Å². The fraction of sp³-hybridized carbons (Fsp3) is 0.500. The molecular weight excluding hydrogens is 411 g/mol. The van der Waals surface area contributed by atoms with Crippen LogP contribution in [-0.2, 0) is 29.0 Å². The Morgan fingerprint density at radius 3 is 2.77 bits per heavy atom. The molecule has 0 aliphatic carbocycles. The molecule has 2 aromatic rings. The first-order valence-corrected chi connectivity index (χ1v) is 10.3. The number of nitrogens with zero attached hydrogens (tertiary/aromatic N) is 1. The van der Waals surface area contributed by atoms with Crippen LogP contribution in [0.5, 0.6) is 0 Å². The van der Waals surface area contributed by atoms with Crippen LogP contribution < -0.4 is 10.6 Å². The van der Waals surface area contributed by atoms with Crippen LogP contribution in [0.3, 0.4) is 0 Å². The Hall–Kier alpha value is -2.52. The van der Waals surface area contributed by atoms with Crippen molar-refractivity contribution in [1.29, 1.82) is 0 Å². The third kappa shape index (κ3) is 9.02. The summed E-state index contributed by atoms with van der Waals surface area (Å²) in [4.78, 5) is 4.64. The van der Waals surface area contributed by atoms with Gasteiger partial charge in [0.2, 0.25) is 0 Å². The molecule has 31 heavy (non-hydrogen) atoms. The number of furan rings is 1. The number of aliphatic imine (C=N–C) groups is 1. The molecule has 1 aliphatic heterocycles. The summed E-state index contributed by atoms with van der Waals surface area (Å²) in [6.45, 7) is 1.99. The van der Waals surface area contributed by atoms with Crippen LogP contribution in [0.25, 0.3) is 0 Å². The van der Waals surface area contributed by atoms with Gasteiger partial charge in [-0.15, -0.1) is 0 Å². The molecule has 6 nitrogen and oxygen atoms in total. The monoisotopic (exact) mass is 439 g/mol. The molecular formula is C22H28F3N3O3. The fourth-order valence-electron chi connectivity index (χ4n) is 3.19. The zero-order chi connectivity index (χ0) is 21.9. The molecule has 9 heteroatoms. The van der Waals surface area contributed by atoms with Gasteiger partial charge in [0.25, 0.3) is 0 Å². The van der Waals surface area contributed by atoms with Gasteiger partial charge < -0.3 is 24.5 Å². The SMILES string of the molecule is FC(F)(F)COCc1cccc(CN=C(NCCc2ccco2)NCC2CCOC2)c1. The molecule has 0 bridgehead atoms. The predicted molar refractivity (Wildman–Crippen MR) is 111 cm³/mol. The molecule has 1 unspecified atom stereocenters. The molecule has 170 valence electrons. The topological polar surface area (TPSA) is 68.0 Å². The van der Waals surface area contributed by atoms with E-state index in [1.165, 1.54) is 0 Å². The van der Waals surface area contributed by atoms with E-state index in [0.717, 1.165) is 43.9 Å². The van der Waals surface area contributed by atoms with E-state index in [2.05, 4.69) is 15.6 Å². The molecule has 2 N–H and O–H groups in total. The molecule has 0 saturated carbocycles. The Morgan fingerprint density at radius 2 is 2.03 bits per heavy atom. The highest BCUT2D eigenvalue weighted by molar-refractivity contribution is 5.79. The van der Waals surface area contributed by atoms with Crippen molar-refractivity contribution in [3.63, 3.8) is 0 Å². The largest absolute Gasteiger partial charge is 0.469 e. The average Bonchev–Trinajstić information content (AvgIpc) is 3.43. The van der Waals surface area contributed by atoms with Crippen LogP contribution in [0.15, 0.2) is 52.1 Å². The number of hydrogen-bond donors (Lipinski definition) is 2. The number of ether oxygens (including phenoxy) is 2. The fourth-order valence-corrected chi connectivity index (χ4v) is 3.19. The van der Waals surface area contributed by atoms with Gasteiger partial charge in [0.15, 0.2) is 5.96 Å². The van der Waals surface area contributed by atoms with Crippen LogP contribution in [-0.4, -0.2) is 45.0 Å². The van der Waals surface area contributed by atoms with Crippen molar-refractivity contribution in [2.45, 2.75) is 32.2 Å². The van der Waals surface area contributed by atoms with E-state index >= 15 is 0 Å². The lowest BCUT2D eigenvalue weighted by Gasteiger charge is -2.15. The molecule has 1 aromatic heterocycles. The molecule has 1 aromatic carbocycles. The summed E-state index contributed by atoms with van der Waals surface area (Å²) in [6.07, 6.45) is -0.929. The van der Waals surface area contributed by atoms with Gasteiger partial charge in [-0.2, -0.15) is 13.2 Å². The number of guanidine groups is 1. The third-order valence-electron chi connectivity index (χ3n) is 4.77. The quantitative estimate of drug-likeness (QED) is 0.437. The van der Waals surface area contributed by atoms with Crippen molar-refractivity contribution in [2.75, 3.05) is 32.9 Å². The molecule has 1 aliphatic rings. The second-order valence-electron chi connectivity index (χ2n) is 7.46. The van der Waals surface area contributed by atoms with Crippen LogP contribution in [0.1, 0.15) is 23.3 Å². The Morgan fingerprint density at radius 1 is 1.16 bits per heavy atom. The molecule has 1 fully saturated rings. The lowest BCUT2D eigenvalue weighted by molar-refractivity contribution is -0.176. The van der Waals surface area contributed by atoms with E-state index in [4.69, 9.17) is 13.9 Å². The highest BCUT2D eigenvalue weighted by atomic mass is 19.4. The summed E-state index contributed by atoms with van der Waals surface area (Å²) < 4.78 is 52.3. The zero-order valence-corrected chi connectivity index (χ0v) is 17.3. The van der Waals surface area contributed by atoms with Gasteiger partial charge in [0.1, 0.15) is 12.4 Å². The first kappa shape index (κ1) is 23.1. The van der Waals surface area contributed by atoms with E-state index in [1.807, 2.05) is 24.3 Å². The Bertz CT molecular complexity index is 804. The van der Waals surface area contributed by atoms with Crippen LogP contribution in [0, 0.1) is 5.92 Å². The third-order valence-corrected chi connectivity index (χ3v) is 4.77. The van der Waals surface area contributed by atoms with Gasteiger partial charge in [-0.3, -0.25) is 0 Å². The second-order valence-corrected chi connectivity index (χ2v) is 7.46. The molecule has 1 atom stereocenters. The maximum Gasteiger partial charge on any atom is 0.411 e. The molecule has 0 radical (unpaired) electrons. The van der Waals surface area contributed by atoms with E-state index in [0.29, 0.717) is 30.5 Å². The van der Waals surface area contributed by atoms with E-state index in [9.17, 15) is 13.2 Å². The van der Waals surface area contributed by atoms with Crippen molar-refractivity contribution in [3.05, 3.63) is 59.5 Å². The lowest BCUT2D eigenvalue weighted by atomic mass is 10.1. The number of hydrogen-bond acceptors (Lipinski definition) is 4. The first-order valence-electron chi connectivity index (χ1n) is 10.3. The minimum atomic E-state index is -4.33. The van der Waals surface area contributed by atoms with Gasteiger partial charge in [0.05, 0.1) is 26.0 Å². The van der Waals surface area contributed by atoms with Gasteiger partial charge in [-0.05, 0) is 29.7 Å². The molecule has 2 heterocycles. The highest BCUT2D eigenvalue weighted by Crippen LogP contribution is 2.16. The van der Waals surface area contributed by atoms with Gasteiger partial charge in [0, 0.05) is 32.0 Å². The van der Waals surface area contributed by atoms with Gasteiger partial charge >= 0.3 is 6.18 Å². The van der Waals surface area contributed by atoms with Gasteiger partial charge in [-0.25, -0.2) is 4.99 Å². The number of rotatable bonds is 10. The van der Waals surface area contributed by atoms with Crippen LogP contribution in [0.2, 0.25) is 0 Å². The molecule has 0 amide bonds. The highest BCUT2D eigenvalue weighted by Gasteiger charge is 2.27. The van der Waals surface area contributed by atoms with Crippen molar-refractivity contribution in [1.82, 2.24) is 10.6 Å². The summed E-state index contributed by atoms with van der Waals surface area (Å²) >= 11 is 0. The summed E-state index contributed by atoms with van der Waals surface area (Å²) in [5, 5.41) is 6.66. The standard InChI is InChI=1S/C22H28F3N3O3/c23-22(24,25)16-30-14-18-4-1-3-17(11-18)12-27-21(28-13-19-7-10-29-15-19)26-8-6-20-5-2-9-31-20/h1-5,9,11,19H,6-8,10,12-16H2,(H2,26,27,28). The van der Waals surface area contributed by atoms with Crippen LogP contribution in [0.4, 0.5) is 13.2 Å². The predicted octanol–water partition coefficient (Wildman–Crippen LogP) is 3.67. The van der Waals surface area contributed by atoms with E-state index < -0.39 is 12.8 Å². The number of benzene rings is 1. The smallest absolute Gasteiger partial charge is 0.411 e. The lowest BCUT2D eigenvalue weighted by Crippen LogP contribution is -2.40. The van der Waals surface area contributed by atoms with E-state index in [1.54, 1.807) is 18.4 Å². The maximum atomic E-state index is 12.3. The minimum Gasteiger partial charge on any atom is -0.469 e. The summed E-state index contributed by atoms with van der Waals surface area (Å²) in [7, 11) is 0. The molecule has 1 saturated heterocycles. The number of nitrogens with one attached hydrogen (secondary N) is 2. The Kier molecular flexibility index (Phi) is 8.78. The van der Waals surface area contributed by atoms with Crippen molar-refractivity contribution in [3.8, 4) is 0 Å². The summed E-state index contributed by atoms with van der Waals surface area (Å²) in [5.41, 5.74) is 1.57. The number of halogens is 3. The summed E-state index contributed by atoms with van der Waals surface area (Å²) in [6, 6.07) is 11.0. The normalized spacial score (nSPS) is 17.1. The zero-order valence-electron chi connectivity index (χ0n) is 17.3. The van der Waals surface area contributed by atoms with Crippen molar-refractivity contribution in [2.24, 2.45) is 10.9 Å². The summed E-state index contributed by atoms with van der Waals surface area (Å²) in [5.74, 6) is 2.02. The number of alkyl halides is 3. The van der Waals surface area contributed by atoms with Crippen LogP contribution >= 0.6 is 0 Å².